The maximum absolute atomic E-state index is 14.2. The molecule has 1 aliphatic rings. The van der Waals surface area contributed by atoms with Crippen molar-refractivity contribution in [3.05, 3.63) is 100 Å². The molecule has 1 saturated carbocycles. The lowest BCUT2D eigenvalue weighted by Gasteiger charge is -2.34. The normalized spacial score (nSPS) is 14.4. The van der Waals surface area contributed by atoms with Gasteiger partial charge < -0.3 is 10.2 Å². The van der Waals surface area contributed by atoms with Crippen molar-refractivity contribution in [3.8, 4) is 0 Å². The standard InChI is InChI=1S/C32H38ClN3O4S/c1-23-13-16-26(17-14-23)21-35(31(37)22-36(41(3,39)40)29-20-27(33)18-15-24(29)2)30(19-25-9-5-4-6-10-25)32(38)34-28-11-7-8-12-28/h4-6,9-10,13-18,20,28,30H,7-8,11-12,19,21-22H2,1-3H3,(H,34,38). The molecule has 1 atom stereocenters. The number of sulfonamides is 1. The molecule has 0 spiro atoms. The zero-order chi connectivity index (χ0) is 29.6. The lowest BCUT2D eigenvalue weighted by Crippen LogP contribution is -2.54. The van der Waals surface area contributed by atoms with E-state index < -0.39 is 28.5 Å². The van der Waals surface area contributed by atoms with Crippen LogP contribution < -0.4 is 9.62 Å². The average molecular weight is 596 g/mol. The summed E-state index contributed by atoms with van der Waals surface area (Å²) < 4.78 is 27.1. The summed E-state index contributed by atoms with van der Waals surface area (Å²) in [6.07, 6.45) is 5.30. The van der Waals surface area contributed by atoms with Crippen LogP contribution in [0.15, 0.2) is 72.8 Å². The van der Waals surface area contributed by atoms with Gasteiger partial charge in [-0.2, -0.15) is 0 Å². The second kappa shape index (κ2) is 13.5. The number of carbonyl (C=O) groups excluding carboxylic acids is 2. The van der Waals surface area contributed by atoms with E-state index in [2.05, 4.69) is 5.32 Å². The molecule has 0 heterocycles. The van der Waals surface area contributed by atoms with E-state index in [1.165, 1.54) is 4.90 Å². The lowest BCUT2D eigenvalue weighted by atomic mass is 10.0. The van der Waals surface area contributed by atoms with E-state index >= 15 is 0 Å². The van der Waals surface area contributed by atoms with Crippen molar-refractivity contribution >= 4 is 39.1 Å². The van der Waals surface area contributed by atoms with Gasteiger partial charge >= 0.3 is 0 Å². The molecule has 41 heavy (non-hydrogen) atoms. The third-order valence-corrected chi connectivity index (χ3v) is 8.93. The van der Waals surface area contributed by atoms with Crippen LogP contribution in [0.2, 0.25) is 5.02 Å². The van der Waals surface area contributed by atoms with Crippen LogP contribution in [-0.4, -0.2) is 50.0 Å². The average Bonchev–Trinajstić information content (AvgIpc) is 3.44. The van der Waals surface area contributed by atoms with Gasteiger partial charge in [-0.15, -0.1) is 0 Å². The summed E-state index contributed by atoms with van der Waals surface area (Å²) in [5.74, 6) is -0.705. The highest BCUT2D eigenvalue weighted by Crippen LogP contribution is 2.27. The summed E-state index contributed by atoms with van der Waals surface area (Å²) in [6.45, 7) is 3.44. The smallest absolute Gasteiger partial charge is 0.244 e. The Morgan fingerprint density at radius 2 is 1.61 bits per heavy atom. The Morgan fingerprint density at radius 3 is 2.24 bits per heavy atom. The quantitative estimate of drug-likeness (QED) is 0.321. The van der Waals surface area contributed by atoms with Crippen LogP contribution in [0.4, 0.5) is 5.69 Å². The number of anilines is 1. The molecular weight excluding hydrogens is 558 g/mol. The van der Waals surface area contributed by atoms with E-state index in [0.717, 1.165) is 52.9 Å². The predicted octanol–water partition coefficient (Wildman–Crippen LogP) is 5.42. The van der Waals surface area contributed by atoms with Crippen LogP contribution in [0.1, 0.15) is 47.9 Å². The highest BCUT2D eigenvalue weighted by molar-refractivity contribution is 7.92. The Kier molecular flexibility index (Phi) is 10.1. The topological polar surface area (TPSA) is 86.8 Å². The highest BCUT2D eigenvalue weighted by Gasteiger charge is 2.34. The summed E-state index contributed by atoms with van der Waals surface area (Å²) in [5, 5.41) is 3.54. The fourth-order valence-corrected chi connectivity index (χ4v) is 6.32. The van der Waals surface area contributed by atoms with Gasteiger partial charge in [-0.1, -0.05) is 90.7 Å². The minimum absolute atomic E-state index is 0.0683. The maximum atomic E-state index is 14.2. The maximum Gasteiger partial charge on any atom is 0.244 e. The molecule has 7 nitrogen and oxygen atoms in total. The third-order valence-electron chi connectivity index (χ3n) is 7.57. The summed E-state index contributed by atoms with van der Waals surface area (Å²) in [7, 11) is -3.86. The monoisotopic (exact) mass is 595 g/mol. The molecule has 3 aromatic rings. The van der Waals surface area contributed by atoms with Gasteiger partial charge in [-0.05, 0) is 55.5 Å². The van der Waals surface area contributed by atoms with Gasteiger partial charge in [0.25, 0.3) is 0 Å². The van der Waals surface area contributed by atoms with E-state index in [4.69, 9.17) is 11.6 Å². The van der Waals surface area contributed by atoms with E-state index in [1.807, 2.05) is 61.5 Å². The molecule has 0 aromatic heterocycles. The molecule has 3 aromatic carbocycles. The molecule has 4 rings (SSSR count). The lowest BCUT2D eigenvalue weighted by molar-refractivity contribution is -0.140. The Bertz CT molecular complexity index is 1460. The first-order valence-corrected chi connectivity index (χ1v) is 16.2. The first kappa shape index (κ1) is 30.6. The van der Waals surface area contributed by atoms with Crippen LogP contribution in [0.25, 0.3) is 0 Å². The molecule has 218 valence electrons. The number of hydrogen-bond donors (Lipinski definition) is 1. The number of carbonyl (C=O) groups is 2. The molecule has 0 radical (unpaired) electrons. The molecule has 1 aliphatic carbocycles. The van der Waals surface area contributed by atoms with E-state index in [9.17, 15) is 18.0 Å². The number of amides is 2. The summed E-state index contributed by atoms with van der Waals surface area (Å²) in [6, 6.07) is 21.5. The number of nitrogens with zero attached hydrogens (tertiary/aromatic N) is 2. The molecule has 9 heteroatoms. The van der Waals surface area contributed by atoms with Gasteiger partial charge in [0.05, 0.1) is 11.9 Å². The van der Waals surface area contributed by atoms with Crippen LogP contribution >= 0.6 is 11.6 Å². The van der Waals surface area contributed by atoms with Crippen molar-refractivity contribution in [1.82, 2.24) is 10.2 Å². The first-order valence-electron chi connectivity index (χ1n) is 13.9. The number of hydrogen-bond acceptors (Lipinski definition) is 4. The number of nitrogens with one attached hydrogen (secondary N) is 1. The second-order valence-electron chi connectivity index (χ2n) is 10.9. The molecular formula is C32H38ClN3O4S. The zero-order valence-electron chi connectivity index (χ0n) is 23.8. The molecule has 1 fully saturated rings. The number of rotatable bonds is 11. The Labute approximate surface area is 248 Å². The highest BCUT2D eigenvalue weighted by atomic mass is 35.5. The Hall–Kier alpha value is -3.36. The van der Waals surface area contributed by atoms with Crippen LogP contribution in [-0.2, 0) is 32.6 Å². The Balaban J connectivity index is 1.74. The van der Waals surface area contributed by atoms with Gasteiger partial charge in [0.2, 0.25) is 21.8 Å². The van der Waals surface area contributed by atoms with Gasteiger partial charge in [-0.3, -0.25) is 13.9 Å². The van der Waals surface area contributed by atoms with Crippen molar-refractivity contribution < 1.29 is 18.0 Å². The van der Waals surface area contributed by atoms with Crippen molar-refractivity contribution in [2.45, 2.75) is 64.6 Å². The van der Waals surface area contributed by atoms with Crippen molar-refractivity contribution in [2.75, 3.05) is 17.1 Å². The molecule has 0 bridgehead atoms. The van der Waals surface area contributed by atoms with Crippen molar-refractivity contribution in [2.24, 2.45) is 0 Å². The SMILES string of the molecule is Cc1ccc(CN(C(=O)CN(c2cc(Cl)ccc2C)S(C)(=O)=O)C(Cc2ccccc2)C(=O)NC2CCCC2)cc1. The van der Waals surface area contributed by atoms with Gasteiger partial charge in [-0.25, -0.2) is 8.42 Å². The first-order chi connectivity index (χ1) is 19.5. The molecule has 0 saturated heterocycles. The van der Waals surface area contributed by atoms with Crippen LogP contribution in [0.5, 0.6) is 0 Å². The van der Waals surface area contributed by atoms with Gasteiger partial charge in [0.1, 0.15) is 12.6 Å². The van der Waals surface area contributed by atoms with Crippen LogP contribution in [0.3, 0.4) is 0 Å². The summed E-state index contributed by atoms with van der Waals surface area (Å²) in [4.78, 5) is 29.6. The molecule has 1 unspecified atom stereocenters. The minimum Gasteiger partial charge on any atom is -0.352 e. The fourth-order valence-electron chi connectivity index (χ4n) is 5.26. The molecule has 2 amide bonds. The summed E-state index contributed by atoms with van der Waals surface area (Å²) >= 11 is 6.22. The second-order valence-corrected chi connectivity index (χ2v) is 13.2. The number of benzene rings is 3. The van der Waals surface area contributed by atoms with Gasteiger partial charge in [0.15, 0.2) is 0 Å². The molecule has 0 aliphatic heterocycles. The minimum atomic E-state index is -3.86. The number of halogens is 1. The Morgan fingerprint density at radius 1 is 0.951 bits per heavy atom. The zero-order valence-corrected chi connectivity index (χ0v) is 25.4. The third kappa shape index (κ3) is 8.33. The van der Waals surface area contributed by atoms with Crippen molar-refractivity contribution in [1.29, 1.82) is 0 Å². The van der Waals surface area contributed by atoms with Crippen molar-refractivity contribution in [3.63, 3.8) is 0 Å². The fraction of sp³-hybridized carbons (Fsp3) is 0.375. The van der Waals surface area contributed by atoms with E-state index in [1.54, 1.807) is 25.1 Å². The predicted molar refractivity (Wildman–Crippen MR) is 164 cm³/mol. The van der Waals surface area contributed by atoms with E-state index in [-0.39, 0.29) is 18.5 Å². The summed E-state index contributed by atoms with van der Waals surface area (Å²) in [5.41, 5.74) is 3.83. The number of aryl methyl sites for hydroxylation is 2. The van der Waals surface area contributed by atoms with Gasteiger partial charge in [0, 0.05) is 24.0 Å². The van der Waals surface area contributed by atoms with Crippen LogP contribution in [0, 0.1) is 13.8 Å². The molecule has 1 N–H and O–H groups in total. The van der Waals surface area contributed by atoms with E-state index in [0.29, 0.717) is 22.7 Å². The largest absolute Gasteiger partial charge is 0.352 e.